The SMILES string of the molecule is COC(=O)[C@H](Cc1ccc(Oc2ccnc3c2c(I)cn3Cc2ccc(OC)cc2)cc1)NCC(=O)OC(C)(C)C. The number of halogens is 1. The Kier molecular flexibility index (Phi) is 9.87. The average molecular weight is 672 g/mol. The van der Waals surface area contributed by atoms with Crippen molar-refractivity contribution in [3.8, 4) is 17.2 Å². The normalized spacial score (nSPS) is 12.1. The number of carbonyl (C=O) groups excluding carboxylic acids is 2. The molecule has 0 spiro atoms. The highest BCUT2D eigenvalue weighted by atomic mass is 127. The third-order valence-corrected chi connectivity index (χ3v) is 6.99. The molecule has 4 rings (SSSR count). The first kappa shape index (κ1) is 30.3. The molecule has 0 aliphatic carbocycles. The molecule has 1 N–H and O–H groups in total. The Labute approximate surface area is 253 Å². The van der Waals surface area contributed by atoms with E-state index >= 15 is 0 Å². The Morgan fingerprint density at radius 1 is 0.976 bits per heavy atom. The number of methoxy groups -OCH3 is 2. The van der Waals surface area contributed by atoms with E-state index in [1.54, 1.807) is 34.1 Å². The van der Waals surface area contributed by atoms with E-state index in [-0.39, 0.29) is 6.54 Å². The molecule has 0 amide bonds. The third kappa shape index (κ3) is 8.20. The van der Waals surface area contributed by atoms with Gasteiger partial charge in [-0.1, -0.05) is 24.3 Å². The van der Waals surface area contributed by atoms with Crippen LogP contribution in [-0.2, 0) is 32.0 Å². The van der Waals surface area contributed by atoms with E-state index in [1.807, 2.05) is 54.6 Å². The molecular formula is C31H34IN3O6. The van der Waals surface area contributed by atoms with Crippen LogP contribution < -0.4 is 14.8 Å². The topological polar surface area (TPSA) is 101 Å². The fraction of sp³-hybridized carbons (Fsp3) is 0.323. The third-order valence-electron chi connectivity index (χ3n) is 6.17. The molecule has 0 saturated heterocycles. The number of ether oxygens (including phenoxy) is 4. The van der Waals surface area contributed by atoms with Gasteiger partial charge in [-0.25, -0.2) is 4.98 Å². The van der Waals surface area contributed by atoms with Gasteiger partial charge in [0, 0.05) is 22.5 Å². The van der Waals surface area contributed by atoms with Crippen LogP contribution in [0, 0.1) is 3.57 Å². The number of hydrogen-bond donors (Lipinski definition) is 1. The Morgan fingerprint density at radius 2 is 1.63 bits per heavy atom. The molecule has 0 fully saturated rings. The van der Waals surface area contributed by atoms with Gasteiger partial charge in [0.2, 0.25) is 0 Å². The summed E-state index contributed by atoms with van der Waals surface area (Å²) >= 11 is 2.30. The van der Waals surface area contributed by atoms with Crippen molar-refractivity contribution in [2.45, 2.75) is 45.4 Å². The zero-order valence-electron chi connectivity index (χ0n) is 23.8. The predicted molar refractivity (Wildman–Crippen MR) is 164 cm³/mol. The number of hydrogen-bond acceptors (Lipinski definition) is 8. The summed E-state index contributed by atoms with van der Waals surface area (Å²) in [4.78, 5) is 29.1. The monoisotopic (exact) mass is 671 g/mol. The van der Waals surface area contributed by atoms with Crippen molar-refractivity contribution in [2.75, 3.05) is 20.8 Å². The number of pyridine rings is 1. The Bertz CT molecular complexity index is 1490. The van der Waals surface area contributed by atoms with Gasteiger partial charge in [0.25, 0.3) is 0 Å². The van der Waals surface area contributed by atoms with E-state index < -0.39 is 23.6 Å². The molecule has 0 bridgehead atoms. The molecule has 1 atom stereocenters. The van der Waals surface area contributed by atoms with Crippen LogP contribution in [0.5, 0.6) is 17.2 Å². The molecule has 2 aromatic heterocycles. The molecule has 0 aliphatic rings. The molecule has 41 heavy (non-hydrogen) atoms. The first-order valence-electron chi connectivity index (χ1n) is 13.1. The lowest BCUT2D eigenvalue weighted by Gasteiger charge is -2.21. The van der Waals surface area contributed by atoms with Gasteiger partial charge in [0.1, 0.15) is 34.5 Å². The predicted octanol–water partition coefficient (Wildman–Crippen LogP) is 5.51. The number of nitrogens with one attached hydrogen (secondary N) is 1. The largest absolute Gasteiger partial charge is 0.497 e. The lowest BCUT2D eigenvalue weighted by atomic mass is 10.1. The molecule has 10 heteroatoms. The van der Waals surface area contributed by atoms with Gasteiger partial charge in [0.05, 0.1) is 26.2 Å². The van der Waals surface area contributed by atoms with Gasteiger partial charge in [-0.05, 0) is 91.2 Å². The van der Waals surface area contributed by atoms with Crippen LogP contribution in [0.2, 0.25) is 0 Å². The van der Waals surface area contributed by atoms with E-state index in [1.165, 1.54) is 7.11 Å². The van der Waals surface area contributed by atoms with Crippen molar-refractivity contribution < 1.29 is 28.5 Å². The lowest BCUT2D eigenvalue weighted by Crippen LogP contribution is -2.43. The number of nitrogens with zero attached hydrogens (tertiary/aromatic N) is 2. The molecule has 0 saturated carbocycles. The average Bonchev–Trinajstić information content (AvgIpc) is 3.26. The number of esters is 2. The second-order valence-corrected chi connectivity index (χ2v) is 11.6. The number of rotatable bonds is 11. The maximum Gasteiger partial charge on any atom is 0.323 e. The number of benzene rings is 2. The summed E-state index contributed by atoms with van der Waals surface area (Å²) in [5.41, 5.74) is 2.24. The van der Waals surface area contributed by atoms with Crippen LogP contribution in [0.15, 0.2) is 67.0 Å². The van der Waals surface area contributed by atoms with E-state index in [0.717, 1.165) is 31.5 Å². The van der Waals surface area contributed by atoms with Crippen molar-refractivity contribution in [1.82, 2.24) is 14.9 Å². The van der Waals surface area contributed by atoms with Gasteiger partial charge in [-0.2, -0.15) is 0 Å². The maximum absolute atomic E-state index is 12.3. The second kappa shape index (κ2) is 13.3. The van der Waals surface area contributed by atoms with Crippen molar-refractivity contribution in [3.05, 3.63) is 81.7 Å². The first-order chi connectivity index (χ1) is 19.6. The Balaban J connectivity index is 1.45. The summed E-state index contributed by atoms with van der Waals surface area (Å²) in [6.45, 7) is 5.94. The van der Waals surface area contributed by atoms with Crippen LogP contribution in [0.1, 0.15) is 31.9 Å². The summed E-state index contributed by atoms with van der Waals surface area (Å²) in [6, 6.07) is 16.6. The van der Waals surface area contributed by atoms with Crippen LogP contribution in [0.25, 0.3) is 11.0 Å². The summed E-state index contributed by atoms with van der Waals surface area (Å²) in [5, 5.41) is 3.88. The van der Waals surface area contributed by atoms with Gasteiger partial charge >= 0.3 is 11.9 Å². The smallest absolute Gasteiger partial charge is 0.323 e. The molecule has 4 aromatic rings. The van der Waals surface area contributed by atoms with Crippen molar-refractivity contribution in [2.24, 2.45) is 0 Å². The molecular weight excluding hydrogens is 637 g/mol. The highest BCUT2D eigenvalue weighted by molar-refractivity contribution is 14.1. The van der Waals surface area contributed by atoms with Crippen LogP contribution in [-0.4, -0.2) is 53.9 Å². The molecule has 2 heterocycles. The highest BCUT2D eigenvalue weighted by Gasteiger charge is 2.23. The van der Waals surface area contributed by atoms with Crippen molar-refractivity contribution in [3.63, 3.8) is 0 Å². The number of fused-ring (bicyclic) bond motifs is 1. The van der Waals surface area contributed by atoms with E-state index in [4.69, 9.17) is 18.9 Å². The standard InChI is InChI=1S/C31H34IN3O6/c1-31(2,3)41-27(36)17-34-25(30(37)39-5)16-20-6-12-23(13-7-20)40-26-14-15-33-29-28(26)24(32)19-35(29)18-21-8-10-22(38-4)11-9-21/h6-15,19,25,34H,16-18H2,1-5H3/t25-/m0/s1. The van der Waals surface area contributed by atoms with E-state index in [0.29, 0.717) is 24.5 Å². The molecule has 0 aliphatic heterocycles. The molecule has 2 aromatic carbocycles. The van der Waals surface area contributed by atoms with Crippen molar-refractivity contribution in [1.29, 1.82) is 0 Å². The highest BCUT2D eigenvalue weighted by Crippen LogP contribution is 2.34. The zero-order valence-corrected chi connectivity index (χ0v) is 25.9. The quantitative estimate of drug-likeness (QED) is 0.165. The van der Waals surface area contributed by atoms with Crippen LogP contribution in [0.4, 0.5) is 0 Å². The summed E-state index contributed by atoms with van der Waals surface area (Å²) in [5.74, 6) is 1.27. The van der Waals surface area contributed by atoms with Crippen LogP contribution in [0.3, 0.4) is 0 Å². The molecule has 0 radical (unpaired) electrons. The Hall–Kier alpha value is -3.64. The maximum atomic E-state index is 12.3. The van der Waals surface area contributed by atoms with E-state index in [9.17, 15) is 9.59 Å². The minimum absolute atomic E-state index is 0.104. The fourth-order valence-electron chi connectivity index (χ4n) is 4.29. The minimum atomic E-state index is -0.703. The zero-order chi connectivity index (χ0) is 29.6. The fourth-order valence-corrected chi connectivity index (χ4v) is 5.14. The molecule has 216 valence electrons. The minimum Gasteiger partial charge on any atom is -0.497 e. The number of carbonyl (C=O) groups is 2. The van der Waals surface area contributed by atoms with E-state index in [2.05, 4.69) is 43.7 Å². The summed E-state index contributed by atoms with van der Waals surface area (Å²) in [7, 11) is 2.98. The molecule has 9 nitrogen and oxygen atoms in total. The van der Waals surface area contributed by atoms with Gasteiger partial charge < -0.3 is 23.5 Å². The van der Waals surface area contributed by atoms with Crippen LogP contribution >= 0.6 is 22.6 Å². The summed E-state index contributed by atoms with van der Waals surface area (Å²) < 4.78 is 24.9. The first-order valence-corrected chi connectivity index (χ1v) is 14.2. The van der Waals surface area contributed by atoms with Gasteiger partial charge in [-0.15, -0.1) is 0 Å². The second-order valence-electron chi connectivity index (χ2n) is 10.5. The molecule has 0 unspecified atom stereocenters. The van der Waals surface area contributed by atoms with Gasteiger partial charge in [-0.3, -0.25) is 14.9 Å². The Morgan fingerprint density at radius 3 is 2.27 bits per heavy atom. The number of aromatic nitrogens is 2. The van der Waals surface area contributed by atoms with Gasteiger partial charge in [0.15, 0.2) is 0 Å². The lowest BCUT2D eigenvalue weighted by molar-refractivity contribution is -0.154. The van der Waals surface area contributed by atoms with Crippen molar-refractivity contribution >= 4 is 45.6 Å². The summed E-state index contributed by atoms with van der Waals surface area (Å²) in [6.07, 6.45) is 4.14.